The van der Waals surface area contributed by atoms with Crippen molar-refractivity contribution in [1.82, 2.24) is 10.3 Å². The normalized spacial score (nSPS) is 12.1. The number of aromatic nitrogens is 1. The second kappa shape index (κ2) is 6.35. The number of nitrogens with zero attached hydrogens (tertiary/aromatic N) is 1. The zero-order valence-corrected chi connectivity index (χ0v) is 12.2. The molecular formula is C16H19N3O2. The second-order valence-electron chi connectivity index (χ2n) is 5.05. The fourth-order valence-electron chi connectivity index (χ4n) is 2.35. The highest BCUT2D eigenvalue weighted by atomic mass is 16.2. The summed E-state index contributed by atoms with van der Waals surface area (Å²) in [6.45, 7) is 3.91. The molecule has 0 saturated carbocycles. The van der Waals surface area contributed by atoms with E-state index in [2.05, 4.69) is 10.3 Å². The highest BCUT2D eigenvalue weighted by Crippen LogP contribution is 2.20. The van der Waals surface area contributed by atoms with E-state index in [1.165, 1.54) is 0 Å². The van der Waals surface area contributed by atoms with Gasteiger partial charge in [0.2, 0.25) is 5.91 Å². The quantitative estimate of drug-likeness (QED) is 0.880. The van der Waals surface area contributed by atoms with Gasteiger partial charge in [0.05, 0.1) is 0 Å². The van der Waals surface area contributed by atoms with Gasteiger partial charge in [-0.05, 0) is 30.4 Å². The number of hydrogen-bond acceptors (Lipinski definition) is 3. The number of pyridine rings is 1. The van der Waals surface area contributed by atoms with Crippen molar-refractivity contribution >= 4 is 22.6 Å². The summed E-state index contributed by atoms with van der Waals surface area (Å²) in [5.74, 6) is -0.898. The monoisotopic (exact) mass is 285 g/mol. The molecule has 0 unspecified atom stereocenters. The van der Waals surface area contributed by atoms with Crippen molar-refractivity contribution in [1.29, 1.82) is 0 Å². The molecule has 1 aromatic carbocycles. The number of fused-ring (bicyclic) bond motifs is 1. The van der Waals surface area contributed by atoms with Crippen molar-refractivity contribution < 1.29 is 9.59 Å². The van der Waals surface area contributed by atoms with E-state index >= 15 is 0 Å². The van der Waals surface area contributed by atoms with Gasteiger partial charge in [0.15, 0.2) is 0 Å². The standard InChI is InChI=1S/C16H19N3O2/c1-3-5-13(15(17)20)19-16(21)14-12-7-4-6-10(2)11(12)8-9-18-14/h4,6-9,13H,3,5H2,1-2H3,(H2,17,20)(H,19,21)/t13-/m0/s1. The van der Waals surface area contributed by atoms with Crippen LogP contribution in [0.15, 0.2) is 30.5 Å². The molecule has 2 amide bonds. The number of amides is 2. The second-order valence-corrected chi connectivity index (χ2v) is 5.05. The molecule has 2 aromatic rings. The summed E-state index contributed by atoms with van der Waals surface area (Å²) in [6, 6.07) is 6.92. The number of benzene rings is 1. The average molecular weight is 285 g/mol. The van der Waals surface area contributed by atoms with E-state index in [4.69, 9.17) is 5.73 Å². The minimum absolute atomic E-state index is 0.318. The van der Waals surface area contributed by atoms with Gasteiger partial charge >= 0.3 is 0 Å². The van der Waals surface area contributed by atoms with Crippen molar-refractivity contribution in [2.45, 2.75) is 32.7 Å². The predicted molar refractivity (Wildman–Crippen MR) is 81.8 cm³/mol. The molecule has 0 saturated heterocycles. The summed E-state index contributed by atoms with van der Waals surface area (Å²) in [5, 5.41) is 4.42. The van der Waals surface area contributed by atoms with Crippen LogP contribution in [0.5, 0.6) is 0 Å². The zero-order chi connectivity index (χ0) is 15.4. The molecule has 1 atom stereocenters. The van der Waals surface area contributed by atoms with Gasteiger partial charge in [-0.2, -0.15) is 0 Å². The fraction of sp³-hybridized carbons (Fsp3) is 0.312. The Morgan fingerprint density at radius 1 is 1.29 bits per heavy atom. The molecule has 1 aromatic heterocycles. The van der Waals surface area contributed by atoms with Crippen molar-refractivity contribution in [3.8, 4) is 0 Å². The van der Waals surface area contributed by atoms with Crippen LogP contribution in [0.2, 0.25) is 0 Å². The lowest BCUT2D eigenvalue weighted by Gasteiger charge is -2.15. The number of aryl methyl sites for hydroxylation is 1. The Hall–Kier alpha value is -2.43. The average Bonchev–Trinajstić information content (AvgIpc) is 2.46. The minimum atomic E-state index is -0.663. The van der Waals surface area contributed by atoms with Crippen molar-refractivity contribution in [2.24, 2.45) is 5.73 Å². The molecule has 110 valence electrons. The first kappa shape index (κ1) is 15.0. The van der Waals surface area contributed by atoms with Crippen molar-refractivity contribution in [2.75, 3.05) is 0 Å². The molecule has 0 spiro atoms. The van der Waals surface area contributed by atoms with E-state index in [0.29, 0.717) is 12.1 Å². The first-order chi connectivity index (χ1) is 10.0. The smallest absolute Gasteiger partial charge is 0.271 e. The van der Waals surface area contributed by atoms with E-state index < -0.39 is 11.9 Å². The Balaban J connectivity index is 2.35. The summed E-state index contributed by atoms with van der Waals surface area (Å²) in [7, 11) is 0. The number of carbonyl (C=O) groups is 2. The van der Waals surface area contributed by atoms with E-state index in [-0.39, 0.29) is 5.91 Å². The Labute approximate surface area is 123 Å². The molecule has 21 heavy (non-hydrogen) atoms. The number of primary amides is 1. The van der Waals surface area contributed by atoms with Crippen LogP contribution in [0.3, 0.4) is 0 Å². The molecule has 5 nitrogen and oxygen atoms in total. The molecule has 0 aliphatic heterocycles. The number of carbonyl (C=O) groups excluding carboxylic acids is 2. The Morgan fingerprint density at radius 3 is 2.71 bits per heavy atom. The summed E-state index contributed by atoms with van der Waals surface area (Å²) in [5.41, 5.74) is 6.70. The highest BCUT2D eigenvalue weighted by molar-refractivity contribution is 6.06. The Kier molecular flexibility index (Phi) is 4.52. The predicted octanol–water partition coefficient (Wildman–Crippen LogP) is 1.93. The summed E-state index contributed by atoms with van der Waals surface area (Å²) in [6.07, 6.45) is 2.88. The van der Waals surface area contributed by atoms with Gasteiger partial charge in [0.25, 0.3) is 5.91 Å². The van der Waals surface area contributed by atoms with E-state index in [9.17, 15) is 9.59 Å². The third kappa shape index (κ3) is 3.18. The summed E-state index contributed by atoms with van der Waals surface area (Å²) < 4.78 is 0. The number of nitrogens with two attached hydrogens (primary N) is 1. The molecule has 5 heteroatoms. The van der Waals surface area contributed by atoms with Gasteiger partial charge < -0.3 is 11.1 Å². The fourth-order valence-corrected chi connectivity index (χ4v) is 2.35. The molecule has 0 aliphatic rings. The highest BCUT2D eigenvalue weighted by Gasteiger charge is 2.20. The molecule has 0 bridgehead atoms. The van der Waals surface area contributed by atoms with E-state index in [1.54, 1.807) is 6.20 Å². The third-order valence-corrected chi connectivity index (χ3v) is 3.47. The van der Waals surface area contributed by atoms with Crippen LogP contribution < -0.4 is 11.1 Å². The summed E-state index contributed by atoms with van der Waals surface area (Å²) in [4.78, 5) is 27.9. The number of rotatable bonds is 5. The van der Waals surface area contributed by atoms with Crippen LogP contribution in [0, 0.1) is 6.92 Å². The third-order valence-electron chi connectivity index (χ3n) is 3.47. The Bertz CT molecular complexity index is 682. The lowest BCUT2D eigenvalue weighted by atomic mass is 10.0. The summed E-state index contributed by atoms with van der Waals surface area (Å²) >= 11 is 0. The van der Waals surface area contributed by atoms with Gasteiger partial charge in [0.1, 0.15) is 11.7 Å². The van der Waals surface area contributed by atoms with Gasteiger partial charge in [-0.1, -0.05) is 31.5 Å². The lowest BCUT2D eigenvalue weighted by Crippen LogP contribution is -2.44. The van der Waals surface area contributed by atoms with Crippen LogP contribution in [0.1, 0.15) is 35.8 Å². The first-order valence-electron chi connectivity index (χ1n) is 6.99. The van der Waals surface area contributed by atoms with E-state index in [1.807, 2.05) is 38.1 Å². The maximum Gasteiger partial charge on any atom is 0.271 e. The van der Waals surface area contributed by atoms with Crippen LogP contribution in [-0.2, 0) is 4.79 Å². The van der Waals surface area contributed by atoms with Gasteiger partial charge in [-0.15, -0.1) is 0 Å². The molecule has 1 heterocycles. The number of hydrogen-bond donors (Lipinski definition) is 2. The van der Waals surface area contributed by atoms with Crippen LogP contribution >= 0.6 is 0 Å². The minimum Gasteiger partial charge on any atom is -0.368 e. The zero-order valence-electron chi connectivity index (χ0n) is 12.2. The van der Waals surface area contributed by atoms with Gasteiger partial charge in [-0.3, -0.25) is 14.6 Å². The van der Waals surface area contributed by atoms with Gasteiger partial charge in [0, 0.05) is 11.6 Å². The molecule has 0 aliphatic carbocycles. The van der Waals surface area contributed by atoms with Gasteiger partial charge in [-0.25, -0.2) is 0 Å². The van der Waals surface area contributed by atoms with Crippen LogP contribution in [0.4, 0.5) is 0 Å². The number of nitrogens with one attached hydrogen (secondary N) is 1. The maximum absolute atomic E-state index is 12.4. The molecular weight excluding hydrogens is 266 g/mol. The van der Waals surface area contributed by atoms with Crippen LogP contribution in [0.25, 0.3) is 10.8 Å². The van der Waals surface area contributed by atoms with E-state index in [0.717, 1.165) is 22.8 Å². The van der Waals surface area contributed by atoms with Crippen LogP contribution in [-0.4, -0.2) is 22.8 Å². The molecule has 0 fully saturated rings. The maximum atomic E-state index is 12.4. The molecule has 3 N–H and O–H groups in total. The first-order valence-corrected chi connectivity index (χ1v) is 6.99. The molecule has 2 rings (SSSR count). The topological polar surface area (TPSA) is 85.1 Å². The molecule has 0 radical (unpaired) electrons. The van der Waals surface area contributed by atoms with Crippen molar-refractivity contribution in [3.05, 3.63) is 41.7 Å². The SMILES string of the molecule is CCC[C@H](NC(=O)c1nccc2c(C)cccc12)C(N)=O. The Morgan fingerprint density at radius 2 is 2.05 bits per heavy atom. The van der Waals surface area contributed by atoms with Crippen molar-refractivity contribution in [3.63, 3.8) is 0 Å². The lowest BCUT2D eigenvalue weighted by molar-refractivity contribution is -0.120. The largest absolute Gasteiger partial charge is 0.368 e.